The molecule has 0 saturated heterocycles. The molecule has 0 bridgehead atoms. The first-order valence-electron chi connectivity index (χ1n) is 8.21. The highest BCUT2D eigenvalue weighted by molar-refractivity contribution is 5.96. The maximum atomic E-state index is 12.4. The van der Waals surface area contributed by atoms with E-state index in [9.17, 15) is 9.59 Å². The van der Waals surface area contributed by atoms with E-state index in [4.69, 9.17) is 4.74 Å². The molecule has 0 spiro atoms. The summed E-state index contributed by atoms with van der Waals surface area (Å²) in [6.45, 7) is 0.750. The normalized spacial score (nSPS) is 13.0. The lowest BCUT2D eigenvalue weighted by Crippen LogP contribution is -2.29. The van der Waals surface area contributed by atoms with Gasteiger partial charge in [-0.2, -0.15) is 0 Å². The van der Waals surface area contributed by atoms with Gasteiger partial charge in [-0.1, -0.05) is 18.2 Å². The summed E-state index contributed by atoms with van der Waals surface area (Å²) in [6.07, 6.45) is 2.62. The highest BCUT2D eigenvalue weighted by Gasteiger charge is 2.24. The van der Waals surface area contributed by atoms with Gasteiger partial charge < -0.3 is 14.6 Å². The summed E-state index contributed by atoms with van der Waals surface area (Å²) in [5.41, 5.74) is 4.15. The number of amides is 1. The number of carbonyl (C=O) groups excluding carboxylic acids is 2. The summed E-state index contributed by atoms with van der Waals surface area (Å²) < 4.78 is 5.25. The van der Waals surface area contributed by atoms with Crippen LogP contribution in [0, 0.1) is 0 Å². The van der Waals surface area contributed by atoms with E-state index in [0.717, 1.165) is 23.1 Å². The Hall–Kier alpha value is -3.15. The van der Waals surface area contributed by atoms with Crippen LogP contribution >= 0.6 is 0 Å². The third-order valence-corrected chi connectivity index (χ3v) is 4.39. The molecule has 1 amide bonds. The van der Waals surface area contributed by atoms with Gasteiger partial charge in [0, 0.05) is 12.2 Å². The molecule has 4 rings (SSSR count). The minimum atomic E-state index is -0.439. The molecule has 1 aromatic heterocycles. The molecule has 0 aliphatic carbocycles. The van der Waals surface area contributed by atoms with E-state index in [1.165, 1.54) is 5.56 Å². The summed E-state index contributed by atoms with van der Waals surface area (Å²) >= 11 is 0. The Balaban J connectivity index is 1.34. The second-order valence-electron chi connectivity index (χ2n) is 5.94. The predicted molar refractivity (Wildman–Crippen MR) is 93.5 cm³/mol. The fraction of sp³-hybridized carbons (Fsp3) is 0.211. The quantitative estimate of drug-likeness (QED) is 0.744. The number of benzene rings is 2. The molecule has 6 nitrogen and oxygen atoms in total. The van der Waals surface area contributed by atoms with Crippen LogP contribution in [-0.4, -0.2) is 35.0 Å². The van der Waals surface area contributed by atoms with Gasteiger partial charge in [-0.15, -0.1) is 0 Å². The van der Waals surface area contributed by atoms with Crippen LogP contribution in [0.1, 0.15) is 22.3 Å². The predicted octanol–water partition coefficient (Wildman–Crippen LogP) is 2.70. The number of esters is 1. The number of ether oxygens (including phenoxy) is 1. The number of H-pyrrole nitrogens is 1. The Kier molecular flexibility index (Phi) is 3.93. The lowest BCUT2D eigenvalue weighted by atomic mass is 10.2. The zero-order chi connectivity index (χ0) is 17.2. The number of para-hydroxylation sites is 1. The van der Waals surface area contributed by atoms with Crippen molar-refractivity contribution in [3.8, 4) is 0 Å². The van der Waals surface area contributed by atoms with Gasteiger partial charge in [-0.3, -0.25) is 4.79 Å². The first-order chi connectivity index (χ1) is 12.2. The maximum Gasteiger partial charge on any atom is 0.338 e. The van der Waals surface area contributed by atoms with Crippen molar-refractivity contribution >= 4 is 28.6 Å². The van der Waals surface area contributed by atoms with E-state index in [1.807, 2.05) is 24.3 Å². The van der Waals surface area contributed by atoms with Gasteiger partial charge in [-0.05, 0) is 36.2 Å². The van der Waals surface area contributed by atoms with Crippen molar-refractivity contribution in [2.45, 2.75) is 12.8 Å². The van der Waals surface area contributed by atoms with Crippen molar-refractivity contribution in [1.29, 1.82) is 0 Å². The number of imidazole rings is 1. The molecule has 0 saturated carbocycles. The molecule has 1 aliphatic rings. The summed E-state index contributed by atoms with van der Waals surface area (Å²) in [6, 6.07) is 13.0. The summed E-state index contributed by atoms with van der Waals surface area (Å²) in [4.78, 5) is 33.3. The largest absolute Gasteiger partial charge is 0.462 e. The first-order valence-corrected chi connectivity index (χ1v) is 8.21. The van der Waals surface area contributed by atoms with Gasteiger partial charge >= 0.3 is 5.97 Å². The molecule has 0 radical (unpaired) electrons. The van der Waals surface area contributed by atoms with E-state index in [1.54, 1.807) is 29.4 Å². The monoisotopic (exact) mass is 335 g/mol. The number of carbonyl (C=O) groups is 2. The molecule has 6 heteroatoms. The van der Waals surface area contributed by atoms with Crippen LogP contribution < -0.4 is 4.90 Å². The Bertz CT molecular complexity index is 948. The summed E-state index contributed by atoms with van der Waals surface area (Å²) in [7, 11) is 0. The SMILES string of the molecule is O=C(OCCC(=O)N1CCc2ccccc21)c1ccc2nc[nH]c2c1. The average molecular weight is 335 g/mol. The second kappa shape index (κ2) is 6.39. The molecule has 1 N–H and O–H groups in total. The van der Waals surface area contributed by atoms with Crippen LogP contribution in [-0.2, 0) is 16.0 Å². The smallest absolute Gasteiger partial charge is 0.338 e. The van der Waals surface area contributed by atoms with E-state index < -0.39 is 5.97 Å². The molecule has 0 atom stereocenters. The minimum Gasteiger partial charge on any atom is -0.462 e. The molecule has 0 unspecified atom stereocenters. The fourth-order valence-electron chi connectivity index (χ4n) is 3.11. The number of hydrogen-bond acceptors (Lipinski definition) is 4. The lowest BCUT2D eigenvalue weighted by molar-refractivity contribution is -0.119. The Morgan fingerprint density at radius 2 is 2.08 bits per heavy atom. The van der Waals surface area contributed by atoms with Gasteiger partial charge in [0.25, 0.3) is 0 Å². The van der Waals surface area contributed by atoms with Crippen molar-refractivity contribution < 1.29 is 14.3 Å². The van der Waals surface area contributed by atoms with E-state index in [0.29, 0.717) is 12.1 Å². The van der Waals surface area contributed by atoms with Gasteiger partial charge in [0.15, 0.2) is 0 Å². The molecular formula is C19H17N3O3. The topological polar surface area (TPSA) is 75.3 Å². The molecular weight excluding hydrogens is 318 g/mol. The molecule has 2 aromatic carbocycles. The van der Waals surface area contributed by atoms with E-state index in [2.05, 4.69) is 9.97 Å². The second-order valence-corrected chi connectivity index (χ2v) is 5.94. The Labute approximate surface area is 144 Å². The highest BCUT2D eigenvalue weighted by atomic mass is 16.5. The average Bonchev–Trinajstić information content (AvgIpc) is 3.27. The van der Waals surface area contributed by atoms with Gasteiger partial charge in [0.05, 0.1) is 29.3 Å². The lowest BCUT2D eigenvalue weighted by Gasteiger charge is -2.17. The minimum absolute atomic E-state index is 0.0261. The third kappa shape index (κ3) is 2.98. The highest BCUT2D eigenvalue weighted by Crippen LogP contribution is 2.27. The molecule has 0 fully saturated rings. The van der Waals surface area contributed by atoms with Crippen LogP contribution in [0.4, 0.5) is 5.69 Å². The summed E-state index contributed by atoms with van der Waals surface area (Å²) in [5, 5.41) is 0. The number of fused-ring (bicyclic) bond motifs is 2. The van der Waals surface area contributed by atoms with Crippen molar-refractivity contribution in [3.05, 3.63) is 59.9 Å². The number of nitrogens with one attached hydrogen (secondary N) is 1. The van der Waals surface area contributed by atoms with Crippen LogP contribution in [0.25, 0.3) is 11.0 Å². The van der Waals surface area contributed by atoms with Crippen molar-refractivity contribution in [1.82, 2.24) is 9.97 Å². The van der Waals surface area contributed by atoms with E-state index >= 15 is 0 Å². The Morgan fingerprint density at radius 1 is 1.20 bits per heavy atom. The molecule has 1 aliphatic heterocycles. The third-order valence-electron chi connectivity index (χ3n) is 4.39. The molecule has 126 valence electrons. The van der Waals surface area contributed by atoms with Gasteiger partial charge in [-0.25, -0.2) is 9.78 Å². The number of anilines is 1. The standard InChI is InChI=1S/C19H17N3O3/c23-18(22-9-7-13-3-1-2-4-17(13)22)8-10-25-19(24)14-5-6-15-16(11-14)21-12-20-15/h1-6,11-12H,7-10H2,(H,20,21). The summed E-state index contributed by atoms with van der Waals surface area (Å²) in [5.74, 6) is -0.465. The molecule has 3 aromatic rings. The number of hydrogen-bond donors (Lipinski definition) is 1. The molecule has 25 heavy (non-hydrogen) atoms. The van der Waals surface area contributed by atoms with Crippen LogP contribution in [0.5, 0.6) is 0 Å². The fourth-order valence-corrected chi connectivity index (χ4v) is 3.11. The van der Waals surface area contributed by atoms with Gasteiger partial charge in [0.2, 0.25) is 5.91 Å². The van der Waals surface area contributed by atoms with Crippen LogP contribution in [0.15, 0.2) is 48.8 Å². The van der Waals surface area contributed by atoms with Crippen molar-refractivity contribution in [2.24, 2.45) is 0 Å². The first kappa shape index (κ1) is 15.4. The number of nitrogens with zero attached hydrogens (tertiary/aromatic N) is 2. The van der Waals surface area contributed by atoms with Crippen molar-refractivity contribution in [2.75, 3.05) is 18.1 Å². The van der Waals surface area contributed by atoms with E-state index in [-0.39, 0.29) is 18.9 Å². The van der Waals surface area contributed by atoms with Crippen molar-refractivity contribution in [3.63, 3.8) is 0 Å². The number of rotatable bonds is 4. The number of aromatic amines is 1. The van der Waals surface area contributed by atoms with Gasteiger partial charge in [0.1, 0.15) is 6.61 Å². The maximum absolute atomic E-state index is 12.4. The Morgan fingerprint density at radius 3 is 3.00 bits per heavy atom. The number of aromatic nitrogens is 2. The molecule has 2 heterocycles. The van der Waals surface area contributed by atoms with Crippen LogP contribution in [0.2, 0.25) is 0 Å². The van der Waals surface area contributed by atoms with Crippen LogP contribution in [0.3, 0.4) is 0 Å². The zero-order valence-corrected chi connectivity index (χ0v) is 13.6. The zero-order valence-electron chi connectivity index (χ0n) is 13.6.